The van der Waals surface area contributed by atoms with Gasteiger partial charge in [-0.2, -0.15) is 0 Å². The van der Waals surface area contributed by atoms with Gasteiger partial charge in [-0.3, -0.25) is 0 Å². The molecule has 0 bridgehead atoms. The first kappa shape index (κ1) is 10.2. The molecule has 11 heavy (non-hydrogen) atoms. The normalized spacial score (nSPS) is 12.8. The molecule has 0 aliphatic carbocycles. The van der Waals surface area contributed by atoms with Crippen molar-refractivity contribution in [1.29, 1.82) is 0 Å². The van der Waals surface area contributed by atoms with E-state index in [4.69, 9.17) is 5.11 Å². The first-order valence-electron chi connectivity index (χ1n) is 3.31. The van der Waals surface area contributed by atoms with Crippen LogP contribution in [-0.4, -0.2) is 27.6 Å². The van der Waals surface area contributed by atoms with Crippen LogP contribution in [0.25, 0.3) is 0 Å². The van der Waals surface area contributed by atoms with Gasteiger partial charge in [0.1, 0.15) is 5.60 Å². The molecule has 0 aliphatic heterocycles. The van der Waals surface area contributed by atoms with Crippen LogP contribution in [0.15, 0.2) is 0 Å². The molecule has 0 unspecified atom stereocenters. The third-order valence-electron chi connectivity index (χ3n) is 1.82. The van der Waals surface area contributed by atoms with Crippen LogP contribution in [0.4, 0.5) is 4.79 Å². The first-order valence-corrected chi connectivity index (χ1v) is 3.31. The molecule has 0 aromatic rings. The van der Waals surface area contributed by atoms with Gasteiger partial charge in [0.25, 0.3) is 0 Å². The molecule has 0 fully saturated rings. The van der Waals surface area contributed by atoms with Crippen LogP contribution in [0.1, 0.15) is 27.7 Å². The number of rotatable bonds is 2. The van der Waals surface area contributed by atoms with E-state index in [0.29, 0.717) is 0 Å². The van der Waals surface area contributed by atoms with E-state index < -0.39 is 17.4 Å². The molecular weight excluding hydrogens is 148 g/mol. The third-order valence-corrected chi connectivity index (χ3v) is 1.82. The minimum atomic E-state index is -1.38. The highest BCUT2D eigenvalue weighted by atomic mass is 16.7. The first-order chi connectivity index (χ1) is 4.67. The smallest absolute Gasteiger partial charge is 0.450 e. The maximum Gasteiger partial charge on any atom is 0.506 e. The van der Waals surface area contributed by atoms with E-state index >= 15 is 0 Å². The number of hydrogen-bond acceptors (Lipinski definition) is 3. The van der Waals surface area contributed by atoms with Crippen molar-refractivity contribution in [2.75, 3.05) is 0 Å². The van der Waals surface area contributed by atoms with E-state index in [-0.39, 0.29) is 0 Å². The SMILES string of the molecule is CC(C)(O)C(C)(C)OC(=O)O. The summed E-state index contributed by atoms with van der Waals surface area (Å²) in [7, 11) is 0. The molecule has 0 saturated carbocycles. The van der Waals surface area contributed by atoms with Crippen molar-refractivity contribution in [1.82, 2.24) is 0 Å². The predicted molar refractivity (Wildman–Crippen MR) is 39.5 cm³/mol. The van der Waals surface area contributed by atoms with Gasteiger partial charge < -0.3 is 14.9 Å². The molecule has 0 spiro atoms. The Morgan fingerprint density at radius 1 is 1.27 bits per heavy atom. The number of aliphatic hydroxyl groups is 1. The molecule has 0 atom stereocenters. The maximum atomic E-state index is 10.1. The van der Waals surface area contributed by atoms with Gasteiger partial charge in [0.15, 0.2) is 0 Å². The number of carboxylic acid groups (broad SMARTS) is 1. The monoisotopic (exact) mass is 162 g/mol. The highest BCUT2D eigenvalue weighted by Crippen LogP contribution is 2.24. The fourth-order valence-corrected chi connectivity index (χ4v) is 0.343. The Hall–Kier alpha value is -0.770. The molecule has 0 heterocycles. The van der Waals surface area contributed by atoms with Gasteiger partial charge in [0.05, 0.1) is 5.60 Å². The summed E-state index contributed by atoms with van der Waals surface area (Å²) in [6.07, 6.45) is -1.38. The topological polar surface area (TPSA) is 66.8 Å². The standard InChI is InChI=1S/C7H14O4/c1-6(2,10)7(3,4)11-5(8)9/h10H,1-4H3,(H,8,9). The average Bonchev–Trinajstić information content (AvgIpc) is 1.56. The Bertz CT molecular complexity index is 154. The third kappa shape index (κ3) is 2.76. The summed E-state index contributed by atoms with van der Waals surface area (Å²) in [6.45, 7) is 6.02. The zero-order valence-corrected chi connectivity index (χ0v) is 7.21. The maximum absolute atomic E-state index is 10.1. The molecule has 4 nitrogen and oxygen atoms in total. The summed E-state index contributed by atoms with van der Waals surface area (Å²) in [5.74, 6) is 0. The van der Waals surface area contributed by atoms with Gasteiger partial charge in [-0.1, -0.05) is 0 Å². The van der Waals surface area contributed by atoms with Crippen molar-refractivity contribution in [2.24, 2.45) is 0 Å². The molecule has 0 rings (SSSR count). The van der Waals surface area contributed by atoms with Crippen LogP contribution < -0.4 is 0 Å². The van der Waals surface area contributed by atoms with Gasteiger partial charge >= 0.3 is 6.16 Å². The zero-order valence-electron chi connectivity index (χ0n) is 7.21. The summed E-state index contributed by atoms with van der Waals surface area (Å²) in [6, 6.07) is 0. The summed E-state index contributed by atoms with van der Waals surface area (Å²) >= 11 is 0. The molecule has 0 aromatic heterocycles. The van der Waals surface area contributed by atoms with Crippen LogP contribution in [0.5, 0.6) is 0 Å². The second-order valence-electron chi connectivity index (χ2n) is 3.44. The molecule has 66 valence electrons. The predicted octanol–water partition coefficient (Wildman–Crippen LogP) is 1.23. The van der Waals surface area contributed by atoms with Crippen molar-refractivity contribution in [3.05, 3.63) is 0 Å². The van der Waals surface area contributed by atoms with Gasteiger partial charge in [-0.15, -0.1) is 0 Å². The van der Waals surface area contributed by atoms with Gasteiger partial charge in [-0.05, 0) is 27.7 Å². The van der Waals surface area contributed by atoms with Gasteiger partial charge in [0, 0.05) is 0 Å². The quantitative estimate of drug-likeness (QED) is 0.599. The van der Waals surface area contributed by atoms with Crippen molar-refractivity contribution < 1.29 is 19.7 Å². The Morgan fingerprint density at radius 3 is 1.73 bits per heavy atom. The van der Waals surface area contributed by atoms with Gasteiger partial charge in [-0.25, -0.2) is 4.79 Å². The van der Waals surface area contributed by atoms with Crippen molar-refractivity contribution in [3.63, 3.8) is 0 Å². The fraction of sp³-hybridized carbons (Fsp3) is 0.857. The number of hydrogen-bond donors (Lipinski definition) is 2. The summed E-state index contributed by atoms with van der Waals surface area (Å²) in [5.41, 5.74) is -2.26. The van der Waals surface area contributed by atoms with Crippen LogP contribution in [0.3, 0.4) is 0 Å². The largest absolute Gasteiger partial charge is 0.506 e. The van der Waals surface area contributed by atoms with Crippen LogP contribution in [0.2, 0.25) is 0 Å². The summed E-state index contributed by atoms with van der Waals surface area (Å²) < 4.78 is 4.47. The van der Waals surface area contributed by atoms with E-state index in [2.05, 4.69) is 4.74 Å². The molecule has 0 aliphatic rings. The molecule has 0 radical (unpaired) electrons. The minimum Gasteiger partial charge on any atom is -0.450 e. The van der Waals surface area contributed by atoms with Crippen molar-refractivity contribution in [3.8, 4) is 0 Å². The molecule has 4 heteroatoms. The van der Waals surface area contributed by atoms with Crippen LogP contribution >= 0.6 is 0 Å². The van der Waals surface area contributed by atoms with Crippen LogP contribution in [0, 0.1) is 0 Å². The molecule has 0 amide bonds. The summed E-state index contributed by atoms with van der Waals surface area (Å²) in [4.78, 5) is 10.1. The lowest BCUT2D eigenvalue weighted by Crippen LogP contribution is -2.48. The lowest BCUT2D eigenvalue weighted by molar-refractivity contribution is -0.122. The molecule has 0 saturated heterocycles. The second-order valence-corrected chi connectivity index (χ2v) is 3.44. The van der Waals surface area contributed by atoms with Crippen molar-refractivity contribution >= 4 is 6.16 Å². The lowest BCUT2D eigenvalue weighted by atomic mass is 9.90. The molecule has 0 aromatic carbocycles. The van der Waals surface area contributed by atoms with E-state index in [1.54, 1.807) is 0 Å². The minimum absolute atomic E-state index is 1.08. The van der Waals surface area contributed by atoms with E-state index in [1.807, 2.05) is 0 Å². The van der Waals surface area contributed by atoms with E-state index in [0.717, 1.165) is 0 Å². The highest BCUT2D eigenvalue weighted by molar-refractivity contribution is 5.57. The zero-order chi connectivity index (χ0) is 9.28. The Balaban J connectivity index is 4.34. The summed E-state index contributed by atoms with van der Waals surface area (Å²) in [5, 5.41) is 17.7. The molecular formula is C7H14O4. The number of ether oxygens (including phenoxy) is 1. The fourth-order valence-electron chi connectivity index (χ4n) is 0.343. The highest BCUT2D eigenvalue weighted by Gasteiger charge is 2.38. The van der Waals surface area contributed by atoms with Gasteiger partial charge in [0.2, 0.25) is 0 Å². The molecule has 2 N–H and O–H groups in total. The van der Waals surface area contributed by atoms with Crippen LogP contribution in [-0.2, 0) is 4.74 Å². The Labute approximate surface area is 65.8 Å². The van der Waals surface area contributed by atoms with Crippen molar-refractivity contribution in [2.45, 2.75) is 38.9 Å². The second kappa shape index (κ2) is 2.70. The van der Waals surface area contributed by atoms with E-state index in [1.165, 1.54) is 27.7 Å². The Kier molecular flexibility index (Phi) is 2.51. The Morgan fingerprint density at radius 2 is 1.64 bits per heavy atom. The lowest BCUT2D eigenvalue weighted by Gasteiger charge is -2.35. The number of carbonyl (C=O) groups is 1. The van der Waals surface area contributed by atoms with E-state index in [9.17, 15) is 9.90 Å². The average molecular weight is 162 g/mol.